The normalized spacial score (nSPS) is 11.1. The highest BCUT2D eigenvalue weighted by molar-refractivity contribution is 7.92. The van der Waals surface area contributed by atoms with E-state index in [0.717, 1.165) is 11.8 Å². The second-order valence-corrected chi connectivity index (χ2v) is 8.52. The van der Waals surface area contributed by atoms with E-state index in [4.69, 9.17) is 16.3 Å². The molecule has 2 aromatic rings. The van der Waals surface area contributed by atoms with Crippen molar-refractivity contribution in [2.45, 2.75) is 26.3 Å². The summed E-state index contributed by atoms with van der Waals surface area (Å²) in [7, 11) is -3.51. The van der Waals surface area contributed by atoms with Crippen LogP contribution >= 0.6 is 11.6 Å². The highest BCUT2D eigenvalue weighted by atomic mass is 35.5. The van der Waals surface area contributed by atoms with Gasteiger partial charge in [-0.1, -0.05) is 41.9 Å². The van der Waals surface area contributed by atoms with Crippen molar-refractivity contribution in [3.63, 3.8) is 0 Å². The van der Waals surface area contributed by atoms with E-state index in [2.05, 4.69) is 5.32 Å². The van der Waals surface area contributed by atoms with Crippen molar-refractivity contribution in [1.82, 2.24) is 5.32 Å². The maximum Gasteiger partial charge on any atom is 0.232 e. The zero-order valence-corrected chi connectivity index (χ0v) is 17.6. The molecule has 8 heteroatoms. The molecule has 0 unspecified atom stereocenters. The molecule has 28 heavy (non-hydrogen) atoms. The number of benzene rings is 2. The minimum atomic E-state index is -3.51. The molecule has 1 amide bonds. The molecule has 1 N–H and O–H groups in total. The van der Waals surface area contributed by atoms with Gasteiger partial charge in [-0.2, -0.15) is 0 Å². The van der Waals surface area contributed by atoms with E-state index in [9.17, 15) is 13.2 Å². The average molecular weight is 425 g/mol. The Morgan fingerprint density at radius 3 is 2.50 bits per heavy atom. The summed E-state index contributed by atoms with van der Waals surface area (Å²) in [5, 5.41) is 3.40. The third kappa shape index (κ3) is 6.42. The SMILES string of the molecule is CCOc1ccccc1N(CCCC(=O)NCc1ccccc1Cl)S(C)(=O)=O. The number of carbonyl (C=O) groups is 1. The standard InChI is InChI=1S/C20H25ClN2O4S/c1-3-27-19-12-7-6-11-18(19)23(28(2,25)26)14-8-13-20(24)22-15-16-9-4-5-10-17(16)21/h4-7,9-12H,3,8,13-15H2,1-2H3,(H,22,24). The quantitative estimate of drug-likeness (QED) is 0.632. The Hall–Kier alpha value is -2.25. The molecular weight excluding hydrogens is 400 g/mol. The van der Waals surface area contributed by atoms with Crippen LogP contribution in [0.4, 0.5) is 5.69 Å². The highest BCUT2D eigenvalue weighted by Gasteiger charge is 2.21. The van der Waals surface area contributed by atoms with Crippen molar-refractivity contribution in [2.24, 2.45) is 0 Å². The summed E-state index contributed by atoms with van der Waals surface area (Å²) in [6.45, 7) is 2.79. The second kappa shape index (κ2) is 10.3. The highest BCUT2D eigenvalue weighted by Crippen LogP contribution is 2.30. The molecule has 152 valence electrons. The van der Waals surface area contributed by atoms with Gasteiger partial charge in [0.25, 0.3) is 0 Å². The van der Waals surface area contributed by atoms with E-state index >= 15 is 0 Å². The Morgan fingerprint density at radius 1 is 1.14 bits per heavy atom. The van der Waals surface area contributed by atoms with Crippen LogP contribution in [0.2, 0.25) is 5.02 Å². The van der Waals surface area contributed by atoms with Crippen molar-refractivity contribution in [3.05, 3.63) is 59.1 Å². The molecule has 0 aromatic heterocycles. The first-order valence-corrected chi connectivity index (χ1v) is 11.2. The minimum Gasteiger partial charge on any atom is -0.492 e. The number of halogens is 1. The number of rotatable bonds is 10. The number of hydrogen-bond acceptors (Lipinski definition) is 4. The van der Waals surface area contributed by atoms with Crippen LogP contribution in [0.25, 0.3) is 0 Å². The molecule has 2 aromatic carbocycles. The van der Waals surface area contributed by atoms with Crippen molar-refractivity contribution < 1.29 is 17.9 Å². The molecule has 0 spiro atoms. The van der Waals surface area contributed by atoms with Crippen LogP contribution in [0, 0.1) is 0 Å². The number of nitrogens with zero attached hydrogens (tertiary/aromatic N) is 1. The fourth-order valence-electron chi connectivity index (χ4n) is 2.71. The first-order valence-electron chi connectivity index (χ1n) is 9.02. The van der Waals surface area contributed by atoms with Crippen LogP contribution in [0.15, 0.2) is 48.5 Å². The van der Waals surface area contributed by atoms with Crippen LogP contribution < -0.4 is 14.4 Å². The zero-order valence-electron chi connectivity index (χ0n) is 16.0. The van der Waals surface area contributed by atoms with E-state index in [1.807, 2.05) is 25.1 Å². The van der Waals surface area contributed by atoms with Crippen LogP contribution in [-0.4, -0.2) is 33.7 Å². The van der Waals surface area contributed by atoms with Gasteiger partial charge in [-0.3, -0.25) is 9.10 Å². The largest absolute Gasteiger partial charge is 0.492 e. The summed E-state index contributed by atoms with van der Waals surface area (Å²) in [5.41, 5.74) is 1.31. The van der Waals surface area contributed by atoms with Gasteiger partial charge in [0.2, 0.25) is 15.9 Å². The molecular formula is C20H25ClN2O4S. The number of nitrogens with one attached hydrogen (secondary N) is 1. The second-order valence-electron chi connectivity index (χ2n) is 6.21. The molecule has 6 nitrogen and oxygen atoms in total. The summed E-state index contributed by atoms with van der Waals surface area (Å²) >= 11 is 6.08. The van der Waals surface area contributed by atoms with Crippen LogP contribution in [0.3, 0.4) is 0 Å². The Bertz CT molecular complexity index is 903. The number of anilines is 1. The Morgan fingerprint density at radius 2 is 1.82 bits per heavy atom. The number of ether oxygens (including phenoxy) is 1. The fourth-order valence-corrected chi connectivity index (χ4v) is 3.88. The molecule has 0 fully saturated rings. The lowest BCUT2D eigenvalue weighted by Gasteiger charge is -2.24. The molecule has 0 aliphatic rings. The number of carbonyl (C=O) groups excluding carboxylic acids is 1. The van der Waals surface area contributed by atoms with E-state index in [1.54, 1.807) is 30.3 Å². The molecule has 0 aliphatic carbocycles. The lowest BCUT2D eigenvalue weighted by atomic mass is 10.2. The molecule has 0 saturated heterocycles. The van der Waals surface area contributed by atoms with Crippen molar-refractivity contribution in [3.8, 4) is 5.75 Å². The van der Waals surface area contributed by atoms with Crippen molar-refractivity contribution >= 4 is 33.2 Å². The van der Waals surface area contributed by atoms with Gasteiger partial charge in [-0.05, 0) is 37.1 Å². The first-order chi connectivity index (χ1) is 13.3. The van der Waals surface area contributed by atoms with E-state index in [1.165, 1.54) is 4.31 Å². The van der Waals surface area contributed by atoms with E-state index < -0.39 is 10.0 Å². The lowest BCUT2D eigenvalue weighted by molar-refractivity contribution is -0.121. The van der Waals surface area contributed by atoms with Crippen molar-refractivity contribution in [1.29, 1.82) is 0 Å². The molecule has 0 bridgehead atoms. The monoisotopic (exact) mass is 424 g/mol. The molecule has 0 atom stereocenters. The Kier molecular flexibility index (Phi) is 8.14. The molecule has 0 radical (unpaired) electrons. The zero-order chi connectivity index (χ0) is 20.6. The van der Waals surface area contributed by atoms with Crippen LogP contribution in [0.1, 0.15) is 25.3 Å². The summed E-state index contributed by atoms with van der Waals surface area (Å²) < 4.78 is 31.4. The van der Waals surface area contributed by atoms with Gasteiger partial charge < -0.3 is 10.1 Å². The topological polar surface area (TPSA) is 75.7 Å². The third-order valence-corrected chi connectivity index (χ3v) is 5.58. The molecule has 0 aliphatic heterocycles. The van der Waals surface area contributed by atoms with Gasteiger partial charge in [0, 0.05) is 24.5 Å². The van der Waals surface area contributed by atoms with Gasteiger partial charge in [-0.25, -0.2) is 8.42 Å². The van der Waals surface area contributed by atoms with E-state index in [-0.39, 0.29) is 18.9 Å². The molecule has 0 heterocycles. The Labute approximate surface area is 171 Å². The maximum absolute atomic E-state index is 12.3. The summed E-state index contributed by atoms with van der Waals surface area (Å²) in [4.78, 5) is 12.1. The fraction of sp³-hybridized carbons (Fsp3) is 0.350. The van der Waals surface area contributed by atoms with Gasteiger partial charge >= 0.3 is 0 Å². The van der Waals surface area contributed by atoms with Gasteiger partial charge in [0.15, 0.2) is 0 Å². The van der Waals surface area contributed by atoms with Gasteiger partial charge in [0.05, 0.1) is 18.6 Å². The minimum absolute atomic E-state index is 0.161. The average Bonchev–Trinajstić information content (AvgIpc) is 2.65. The first kappa shape index (κ1) is 22.0. The molecule has 0 saturated carbocycles. The molecule has 2 rings (SSSR count). The van der Waals surface area contributed by atoms with Crippen LogP contribution in [0.5, 0.6) is 5.75 Å². The number of amides is 1. The smallest absolute Gasteiger partial charge is 0.232 e. The predicted octanol–water partition coefficient (Wildman–Crippen LogP) is 3.60. The van der Waals surface area contributed by atoms with Gasteiger partial charge in [-0.15, -0.1) is 0 Å². The summed E-state index contributed by atoms with van der Waals surface area (Å²) in [6, 6.07) is 14.3. The van der Waals surface area contributed by atoms with Gasteiger partial charge in [0.1, 0.15) is 5.75 Å². The number of hydrogen-bond donors (Lipinski definition) is 1. The third-order valence-electron chi connectivity index (χ3n) is 4.03. The summed E-state index contributed by atoms with van der Waals surface area (Å²) in [5.74, 6) is 0.338. The number of para-hydroxylation sites is 2. The lowest BCUT2D eigenvalue weighted by Crippen LogP contribution is -2.32. The van der Waals surface area contributed by atoms with Crippen LogP contribution in [-0.2, 0) is 21.4 Å². The summed E-state index contributed by atoms with van der Waals surface area (Å²) in [6.07, 6.45) is 1.72. The predicted molar refractivity (Wildman–Crippen MR) is 112 cm³/mol. The van der Waals surface area contributed by atoms with E-state index in [0.29, 0.717) is 36.0 Å². The Balaban J connectivity index is 1.96. The number of sulfonamides is 1. The maximum atomic E-state index is 12.3. The van der Waals surface area contributed by atoms with Crippen molar-refractivity contribution in [2.75, 3.05) is 23.7 Å².